The maximum absolute atomic E-state index is 13.7. The monoisotopic (exact) mass is 324 g/mol. The van der Waals surface area contributed by atoms with Gasteiger partial charge in [0.1, 0.15) is 18.2 Å². The van der Waals surface area contributed by atoms with Crippen LogP contribution in [0.25, 0.3) is 11.3 Å². The molecule has 1 heterocycles. The molecule has 0 aliphatic heterocycles. The van der Waals surface area contributed by atoms with E-state index < -0.39 is 11.6 Å². The first-order valence-electron chi connectivity index (χ1n) is 6.91. The van der Waals surface area contributed by atoms with Crippen molar-refractivity contribution in [2.24, 2.45) is 5.92 Å². The van der Waals surface area contributed by atoms with Gasteiger partial charge >= 0.3 is 0 Å². The SMILES string of the molecule is O=C(COCC1CC1)Nc1nc(-c2c(F)cccc2F)cs1. The largest absolute Gasteiger partial charge is 0.371 e. The molecular weight excluding hydrogens is 310 g/mol. The summed E-state index contributed by atoms with van der Waals surface area (Å²) >= 11 is 1.11. The predicted octanol–water partition coefficient (Wildman–Crippen LogP) is 3.45. The van der Waals surface area contributed by atoms with Crippen molar-refractivity contribution in [3.8, 4) is 11.3 Å². The Morgan fingerprint density at radius 1 is 1.36 bits per heavy atom. The third-order valence-electron chi connectivity index (χ3n) is 3.25. The van der Waals surface area contributed by atoms with Crippen molar-refractivity contribution in [1.82, 2.24) is 4.98 Å². The summed E-state index contributed by atoms with van der Waals surface area (Å²) in [5.41, 5.74) is -0.0287. The molecule has 1 aromatic heterocycles. The topological polar surface area (TPSA) is 51.2 Å². The summed E-state index contributed by atoms with van der Waals surface area (Å²) in [6, 6.07) is 3.63. The maximum atomic E-state index is 13.7. The van der Waals surface area contributed by atoms with Crippen molar-refractivity contribution in [3.05, 3.63) is 35.2 Å². The summed E-state index contributed by atoms with van der Waals surface area (Å²) in [5.74, 6) is -1.11. The molecule has 3 rings (SSSR count). The molecule has 0 radical (unpaired) electrons. The molecule has 1 fully saturated rings. The van der Waals surface area contributed by atoms with Gasteiger partial charge in [-0.3, -0.25) is 10.1 Å². The Balaban J connectivity index is 1.62. The predicted molar refractivity (Wildman–Crippen MR) is 79.6 cm³/mol. The van der Waals surface area contributed by atoms with Gasteiger partial charge in [-0.2, -0.15) is 0 Å². The third kappa shape index (κ3) is 3.66. The van der Waals surface area contributed by atoms with Crippen LogP contribution in [0.5, 0.6) is 0 Å². The van der Waals surface area contributed by atoms with Crippen molar-refractivity contribution in [3.63, 3.8) is 0 Å². The summed E-state index contributed by atoms with van der Waals surface area (Å²) in [6.07, 6.45) is 2.32. The van der Waals surface area contributed by atoms with Gasteiger partial charge in [-0.15, -0.1) is 11.3 Å². The number of benzene rings is 1. The minimum atomic E-state index is -0.684. The molecule has 4 nitrogen and oxygen atoms in total. The minimum absolute atomic E-state index is 0.0422. The molecule has 1 N–H and O–H groups in total. The van der Waals surface area contributed by atoms with E-state index in [-0.39, 0.29) is 28.9 Å². The van der Waals surface area contributed by atoms with E-state index in [0.29, 0.717) is 12.5 Å². The molecule has 1 aliphatic rings. The Morgan fingerprint density at radius 3 is 2.77 bits per heavy atom. The highest BCUT2D eigenvalue weighted by atomic mass is 32.1. The number of hydrogen-bond acceptors (Lipinski definition) is 4. The minimum Gasteiger partial charge on any atom is -0.371 e. The Morgan fingerprint density at radius 2 is 2.09 bits per heavy atom. The molecule has 0 atom stereocenters. The van der Waals surface area contributed by atoms with E-state index in [9.17, 15) is 13.6 Å². The Labute approximate surface area is 130 Å². The fourth-order valence-corrected chi connectivity index (χ4v) is 2.66. The van der Waals surface area contributed by atoms with Crippen LogP contribution in [0.4, 0.5) is 13.9 Å². The van der Waals surface area contributed by atoms with E-state index in [1.807, 2.05) is 0 Å². The number of carbonyl (C=O) groups is 1. The molecule has 0 spiro atoms. The number of halogens is 2. The van der Waals surface area contributed by atoms with Crippen LogP contribution in [0.3, 0.4) is 0 Å². The van der Waals surface area contributed by atoms with Crippen LogP contribution in [-0.2, 0) is 9.53 Å². The molecule has 7 heteroatoms. The van der Waals surface area contributed by atoms with Gasteiger partial charge in [0.05, 0.1) is 17.9 Å². The number of anilines is 1. The summed E-state index contributed by atoms with van der Waals surface area (Å²) in [7, 11) is 0. The van der Waals surface area contributed by atoms with Crippen molar-refractivity contribution < 1.29 is 18.3 Å². The van der Waals surface area contributed by atoms with Crippen LogP contribution < -0.4 is 5.32 Å². The van der Waals surface area contributed by atoms with Gasteiger partial charge in [0.2, 0.25) is 0 Å². The fraction of sp³-hybridized carbons (Fsp3) is 0.333. The second kappa shape index (κ2) is 6.50. The zero-order chi connectivity index (χ0) is 15.5. The Hall–Kier alpha value is -1.86. The molecule has 0 unspecified atom stereocenters. The number of rotatable bonds is 6. The normalized spacial score (nSPS) is 14.1. The summed E-state index contributed by atoms with van der Waals surface area (Å²) in [4.78, 5) is 15.7. The summed E-state index contributed by atoms with van der Waals surface area (Å²) in [5, 5.41) is 4.36. The zero-order valence-electron chi connectivity index (χ0n) is 11.6. The quantitative estimate of drug-likeness (QED) is 0.885. The average molecular weight is 324 g/mol. The van der Waals surface area contributed by atoms with Crippen LogP contribution in [0.2, 0.25) is 0 Å². The average Bonchev–Trinajstić information content (AvgIpc) is 3.18. The first-order valence-corrected chi connectivity index (χ1v) is 7.79. The smallest absolute Gasteiger partial charge is 0.252 e. The zero-order valence-corrected chi connectivity index (χ0v) is 12.5. The summed E-state index contributed by atoms with van der Waals surface area (Å²) < 4.78 is 32.6. The summed E-state index contributed by atoms with van der Waals surface area (Å²) in [6.45, 7) is 0.552. The fourth-order valence-electron chi connectivity index (χ4n) is 1.95. The Bertz CT molecular complexity index is 666. The second-order valence-electron chi connectivity index (χ2n) is 5.14. The lowest BCUT2D eigenvalue weighted by Crippen LogP contribution is -2.18. The van der Waals surface area contributed by atoms with Gasteiger partial charge in [0.25, 0.3) is 5.91 Å². The van der Waals surface area contributed by atoms with Crippen molar-refractivity contribution in [1.29, 1.82) is 0 Å². The molecule has 1 amide bonds. The van der Waals surface area contributed by atoms with E-state index in [1.165, 1.54) is 23.6 Å². The number of thiazole rings is 1. The molecular formula is C15H14F2N2O2S. The van der Waals surface area contributed by atoms with Gasteiger partial charge in [-0.05, 0) is 30.9 Å². The van der Waals surface area contributed by atoms with Crippen molar-refractivity contribution in [2.45, 2.75) is 12.8 Å². The van der Waals surface area contributed by atoms with Gasteiger partial charge in [0.15, 0.2) is 5.13 Å². The first-order chi connectivity index (χ1) is 10.6. The van der Waals surface area contributed by atoms with Crippen LogP contribution in [0.15, 0.2) is 23.6 Å². The maximum Gasteiger partial charge on any atom is 0.252 e. The molecule has 0 saturated heterocycles. The van der Waals surface area contributed by atoms with Crippen molar-refractivity contribution >= 4 is 22.4 Å². The lowest BCUT2D eigenvalue weighted by molar-refractivity contribution is -0.120. The second-order valence-corrected chi connectivity index (χ2v) is 6.00. The molecule has 22 heavy (non-hydrogen) atoms. The molecule has 1 aromatic carbocycles. The highest BCUT2D eigenvalue weighted by Crippen LogP contribution is 2.30. The number of aromatic nitrogens is 1. The van der Waals surface area contributed by atoms with Crippen LogP contribution in [-0.4, -0.2) is 24.1 Å². The molecule has 2 aromatic rings. The highest BCUT2D eigenvalue weighted by Gasteiger charge is 2.21. The standard InChI is InChI=1S/C15H14F2N2O2S/c16-10-2-1-3-11(17)14(10)12-8-22-15(18-12)19-13(20)7-21-6-9-4-5-9/h1-3,8-9H,4-7H2,(H,18,19,20). The first kappa shape index (κ1) is 15.1. The third-order valence-corrected chi connectivity index (χ3v) is 4.01. The van der Waals surface area contributed by atoms with Crippen LogP contribution in [0, 0.1) is 17.6 Å². The Kier molecular flexibility index (Phi) is 4.44. The number of hydrogen-bond donors (Lipinski definition) is 1. The molecule has 116 valence electrons. The number of nitrogens with one attached hydrogen (secondary N) is 1. The van der Waals surface area contributed by atoms with E-state index in [4.69, 9.17) is 4.74 Å². The lowest BCUT2D eigenvalue weighted by atomic mass is 10.1. The van der Waals surface area contributed by atoms with E-state index in [2.05, 4.69) is 10.3 Å². The van der Waals surface area contributed by atoms with E-state index in [0.717, 1.165) is 24.2 Å². The number of amides is 1. The van der Waals surface area contributed by atoms with Gasteiger partial charge in [-0.1, -0.05) is 6.07 Å². The number of ether oxygens (including phenoxy) is 1. The van der Waals surface area contributed by atoms with E-state index >= 15 is 0 Å². The molecule has 0 bridgehead atoms. The van der Waals surface area contributed by atoms with Crippen LogP contribution in [0.1, 0.15) is 12.8 Å². The van der Waals surface area contributed by atoms with Gasteiger partial charge in [-0.25, -0.2) is 13.8 Å². The number of nitrogens with zero attached hydrogens (tertiary/aromatic N) is 1. The molecule has 1 aliphatic carbocycles. The molecule has 1 saturated carbocycles. The van der Waals surface area contributed by atoms with E-state index in [1.54, 1.807) is 0 Å². The lowest BCUT2D eigenvalue weighted by Gasteiger charge is -2.03. The highest BCUT2D eigenvalue weighted by molar-refractivity contribution is 7.14. The van der Waals surface area contributed by atoms with Gasteiger partial charge in [0, 0.05) is 5.38 Å². The van der Waals surface area contributed by atoms with Gasteiger partial charge < -0.3 is 4.74 Å². The number of carbonyl (C=O) groups excluding carboxylic acids is 1. The van der Waals surface area contributed by atoms with Crippen molar-refractivity contribution in [2.75, 3.05) is 18.5 Å². The van der Waals surface area contributed by atoms with Crippen LogP contribution >= 0.6 is 11.3 Å².